The summed E-state index contributed by atoms with van der Waals surface area (Å²) in [5.74, 6) is 0.0309. The molecule has 116 valence electrons. The number of hydrogen-bond donors (Lipinski definition) is 2. The molecule has 1 amide bonds. The van der Waals surface area contributed by atoms with Gasteiger partial charge in [-0.3, -0.25) is 9.69 Å². The molecule has 0 radical (unpaired) electrons. The lowest BCUT2D eigenvalue weighted by atomic mass is 9.94. The quantitative estimate of drug-likeness (QED) is 0.819. The van der Waals surface area contributed by atoms with E-state index in [1.807, 2.05) is 25.1 Å². The molecule has 0 heterocycles. The van der Waals surface area contributed by atoms with E-state index in [9.17, 15) is 4.79 Å². The normalized spacial score (nSPS) is 16.1. The largest absolute Gasteiger partial charge is 0.397 e. The van der Waals surface area contributed by atoms with Crippen LogP contribution in [-0.2, 0) is 4.79 Å². The van der Waals surface area contributed by atoms with E-state index in [0.717, 1.165) is 17.8 Å². The molecule has 21 heavy (non-hydrogen) atoms. The first-order chi connectivity index (χ1) is 10.1. The standard InChI is InChI=1S/C17H27N3O/c1-3-20(14-9-5-4-6-10-14)12-16(21)19-17-13(2)8-7-11-15(17)18/h7-8,11,14H,3-6,9-10,12,18H2,1-2H3,(H,19,21). The zero-order valence-corrected chi connectivity index (χ0v) is 13.2. The second-order valence-corrected chi connectivity index (χ2v) is 5.94. The number of carbonyl (C=O) groups excluding carboxylic acids is 1. The maximum Gasteiger partial charge on any atom is 0.238 e. The van der Waals surface area contributed by atoms with Gasteiger partial charge in [-0.25, -0.2) is 0 Å². The molecule has 0 aromatic heterocycles. The Morgan fingerprint density at radius 1 is 1.33 bits per heavy atom. The van der Waals surface area contributed by atoms with Gasteiger partial charge in [0.25, 0.3) is 0 Å². The van der Waals surface area contributed by atoms with Gasteiger partial charge in [-0.05, 0) is 37.9 Å². The van der Waals surface area contributed by atoms with Crippen LogP contribution < -0.4 is 11.1 Å². The zero-order chi connectivity index (χ0) is 15.2. The molecular weight excluding hydrogens is 262 g/mol. The van der Waals surface area contributed by atoms with Crippen LogP contribution in [0.15, 0.2) is 18.2 Å². The number of hydrogen-bond acceptors (Lipinski definition) is 3. The van der Waals surface area contributed by atoms with Gasteiger partial charge in [0.05, 0.1) is 17.9 Å². The van der Waals surface area contributed by atoms with E-state index >= 15 is 0 Å². The summed E-state index contributed by atoms with van der Waals surface area (Å²) < 4.78 is 0. The fraction of sp³-hybridized carbons (Fsp3) is 0.588. The molecule has 0 aliphatic heterocycles. The number of aryl methyl sites for hydroxylation is 1. The molecule has 0 bridgehead atoms. The number of anilines is 2. The van der Waals surface area contributed by atoms with Gasteiger partial charge in [0.2, 0.25) is 5.91 Å². The number of rotatable bonds is 5. The SMILES string of the molecule is CCN(CC(=O)Nc1c(C)cccc1N)C1CCCCC1. The third kappa shape index (κ3) is 4.21. The van der Waals surface area contributed by atoms with E-state index in [1.54, 1.807) is 0 Å². The first-order valence-corrected chi connectivity index (χ1v) is 8.00. The predicted octanol–water partition coefficient (Wildman–Crippen LogP) is 3.17. The molecule has 1 aliphatic rings. The van der Waals surface area contributed by atoms with Crippen molar-refractivity contribution in [2.45, 2.75) is 52.0 Å². The molecule has 1 aromatic carbocycles. The Kier molecular flexibility index (Phi) is 5.62. The molecule has 2 rings (SSSR count). The number of nitrogens with two attached hydrogens (primary N) is 1. The highest BCUT2D eigenvalue weighted by Crippen LogP contribution is 2.24. The number of nitrogens with one attached hydrogen (secondary N) is 1. The van der Waals surface area contributed by atoms with Gasteiger partial charge >= 0.3 is 0 Å². The van der Waals surface area contributed by atoms with Crippen molar-refractivity contribution in [3.63, 3.8) is 0 Å². The Hall–Kier alpha value is -1.55. The van der Waals surface area contributed by atoms with Crippen molar-refractivity contribution in [1.29, 1.82) is 0 Å². The molecule has 1 aromatic rings. The number of nitrogen functional groups attached to an aromatic ring is 1. The minimum absolute atomic E-state index is 0.0309. The molecule has 0 saturated heterocycles. The van der Waals surface area contributed by atoms with E-state index in [0.29, 0.717) is 18.3 Å². The number of para-hydroxylation sites is 1. The van der Waals surface area contributed by atoms with Gasteiger partial charge in [0.1, 0.15) is 0 Å². The second kappa shape index (κ2) is 7.46. The van der Waals surface area contributed by atoms with Crippen molar-refractivity contribution in [2.24, 2.45) is 0 Å². The number of benzene rings is 1. The van der Waals surface area contributed by atoms with Crippen LogP contribution >= 0.6 is 0 Å². The lowest BCUT2D eigenvalue weighted by molar-refractivity contribution is -0.118. The zero-order valence-electron chi connectivity index (χ0n) is 13.2. The van der Waals surface area contributed by atoms with E-state index < -0.39 is 0 Å². The van der Waals surface area contributed by atoms with Gasteiger partial charge in [-0.1, -0.05) is 38.3 Å². The molecule has 1 fully saturated rings. The summed E-state index contributed by atoms with van der Waals surface area (Å²) in [6.07, 6.45) is 6.34. The smallest absolute Gasteiger partial charge is 0.238 e. The van der Waals surface area contributed by atoms with Gasteiger partial charge in [-0.2, -0.15) is 0 Å². The fourth-order valence-corrected chi connectivity index (χ4v) is 3.17. The van der Waals surface area contributed by atoms with Crippen molar-refractivity contribution >= 4 is 17.3 Å². The summed E-state index contributed by atoms with van der Waals surface area (Å²) in [6.45, 7) is 5.46. The van der Waals surface area contributed by atoms with E-state index in [-0.39, 0.29) is 5.91 Å². The van der Waals surface area contributed by atoms with Crippen LogP contribution in [-0.4, -0.2) is 29.9 Å². The van der Waals surface area contributed by atoms with Crippen LogP contribution in [0.1, 0.15) is 44.6 Å². The van der Waals surface area contributed by atoms with Gasteiger partial charge in [-0.15, -0.1) is 0 Å². The minimum Gasteiger partial charge on any atom is -0.397 e. The molecule has 4 nitrogen and oxygen atoms in total. The topological polar surface area (TPSA) is 58.4 Å². The summed E-state index contributed by atoms with van der Waals surface area (Å²) >= 11 is 0. The molecule has 0 unspecified atom stereocenters. The Morgan fingerprint density at radius 3 is 2.67 bits per heavy atom. The molecule has 1 saturated carbocycles. The fourth-order valence-electron chi connectivity index (χ4n) is 3.17. The molecule has 0 atom stereocenters. The minimum atomic E-state index is 0.0309. The Bertz CT molecular complexity index is 461. The van der Waals surface area contributed by atoms with E-state index in [4.69, 9.17) is 5.73 Å². The third-order valence-corrected chi connectivity index (χ3v) is 4.41. The van der Waals surface area contributed by atoms with E-state index in [2.05, 4.69) is 17.1 Å². The molecular formula is C17H27N3O. The van der Waals surface area contributed by atoms with Crippen molar-refractivity contribution in [3.05, 3.63) is 23.8 Å². The highest BCUT2D eigenvalue weighted by atomic mass is 16.2. The van der Waals surface area contributed by atoms with Gasteiger partial charge < -0.3 is 11.1 Å². The summed E-state index contributed by atoms with van der Waals surface area (Å²) in [5, 5.41) is 2.98. The number of carbonyl (C=O) groups is 1. The number of likely N-dealkylation sites (N-methyl/N-ethyl adjacent to an activating group) is 1. The Labute approximate surface area is 127 Å². The third-order valence-electron chi connectivity index (χ3n) is 4.41. The number of nitrogens with zero attached hydrogens (tertiary/aromatic N) is 1. The Morgan fingerprint density at radius 2 is 2.05 bits per heavy atom. The van der Waals surface area contributed by atoms with Crippen molar-refractivity contribution in [1.82, 2.24) is 4.90 Å². The average Bonchev–Trinajstić information content (AvgIpc) is 2.49. The van der Waals surface area contributed by atoms with Gasteiger partial charge in [0, 0.05) is 6.04 Å². The first-order valence-electron chi connectivity index (χ1n) is 8.00. The van der Waals surface area contributed by atoms with E-state index in [1.165, 1.54) is 32.1 Å². The predicted molar refractivity (Wildman–Crippen MR) is 88.3 cm³/mol. The molecule has 1 aliphatic carbocycles. The number of amides is 1. The Balaban J connectivity index is 1.96. The lowest BCUT2D eigenvalue weighted by Crippen LogP contribution is -2.41. The van der Waals surface area contributed by atoms with Crippen LogP contribution in [0.3, 0.4) is 0 Å². The van der Waals surface area contributed by atoms with Gasteiger partial charge in [0.15, 0.2) is 0 Å². The van der Waals surface area contributed by atoms with Crippen LogP contribution in [0.25, 0.3) is 0 Å². The highest BCUT2D eigenvalue weighted by Gasteiger charge is 2.22. The summed E-state index contributed by atoms with van der Waals surface area (Å²) in [4.78, 5) is 14.6. The van der Waals surface area contributed by atoms with Crippen LogP contribution in [0.4, 0.5) is 11.4 Å². The summed E-state index contributed by atoms with van der Waals surface area (Å²) in [5.41, 5.74) is 8.33. The molecule has 0 spiro atoms. The van der Waals surface area contributed by atoms with Crippen LogP contribution in [0.2, 0.25) is 0 Å². The first kappa shape index (κ1) is 15.8. The summed E-state index contributed by atoms with van der Waals surface area (Å²) in [7, 11) is 0. The lowest BCUT2D eigenvalue weighted by Gasteiger charge is -2.33. The van der Waals surface area contributed by atoms with Crippen molar-refractivity contribution in [2.75, 3.05) is 24.1 Å². The van der Waals surface area contributed by atoms with Crippen LogP contribution in [0.5, 0.6) is 0 Å². The van der Waals surface area contributed by atoms with Crippen molar-refractivity contribution < 1.29 is 4.79 Å². The molecule has 3 N–H and O–H groups in total. The maximum atomic E-state index is 12.3. The summed E-state index contributed by atoms with van der Waals surface area (Å²) in [6, 6.07) is 6.25. The monoisotopic (exact) mass is 289 g/mol. The molecule has 4 heteroatoms. The van der Waals surface area contributed by atoms with Crippen molar-refractivity contribution in [3.8, 4) is 0 Å². The second-order valence-electron chi connectivity index (χ2n) is 5.94. The highest BCUT2D eigenvalue weighted by molar-refractivity contribution is 5.96. The van der Waals surface area contributed by atoms with Crippen LogP contribution in [0, 0.1) is 6.92 Å². The average molecular weight is 289 g/mol. The maximum absolute atomic E-state index is 12.3.